The molecular formula is C63H71ClFN15O8. The van der Waals surface area contributed by atoms with Gasteiger partial charge in [0.25, 0.3) is 5.82 Å². The smallest absolute Gasteiger partial charge is 0.288 e. The summed E-state index contributed by atoms with van der Waals surface area (Å²) in [5, 5.41) is 48.5. The van der Waals surface area contributed by atoms with Gasteiger partial charge in [-0.25, -0.2) is 38.9 Å². The lowest BCUT2D eigenvalue weighted by Gasteiger charge is -2.07. The summed E-state index contributed by atoms with van der Waals surface area (Å²) in [5.41, 5.74) is 13.7. The average Bonchev–Trinajstić information content (AvgIpc) is 3.59. The molecule has 0 unspecified atom stereocenters. The van der Waals surface area contributed by atoms with E-state index in [-0.39, 0.29) is 48.8 Å². The molecule has 0 aliphatic heterocycles. The Hall–Kier alpha value is -10.4. The van der Waals surface area contributed by atoms with E-state index in [1.54, 1.807) is 60.7 Å². The van der Waals surface area contributed by atoms with Crippen LogP contribution in [0.5, 0.6) is 29.0 Å². The molecule has 88 heavy (non-hydrogen) atoms. The maximum Gasteiger partial charge on any atom is 0.288 e. The van der Waals surface area contributed by atoms with Crippen LogP contribution < -0.4 is 35.2 Å². The lowest BCUT2D eigenvalue weighted by molar-refractivity contribution is 0.257. The number of nitrogens with zero attached hydrogens (tertiary/aromatic N) is 11. The highest BCUT2D eigenvalue weighted by Gasteiger charge is 2.04. The second kappa shape index (κ2) is 47.9. The summed E-state index contributed by atoms with van der Waals surface area (Å²) in [6.45, 7) is 30.4. The van der Waals surface area contributed by atoms with Crippen molar-refractivity contribution in [3.05, 3.63) is 208 Å². The molecule has 9 N–H and O–H groups in total. The van der Waals surface area contributed by atoms with Crippen molar-refractivity contribution < 1.29 is 43.4 Å². The number of nitrogens with two attached hydrogens (primary N) is 2. The number of halogens is 2. The van der Waals surface area contributed by atoms with Crippen molar-refractivity contribution in [2.45, 2.75) is 77.0 Å². The van der Waals surface area contributed by atoms with Crippen LogP contribution in [0.25, 0.3) is 19.4 Å². The first-order chi connectivity index (χ1) is 42.8. The molecule has 0 spiro atoms. The van der Waals surface area contributed by atoms with Gasteiger partial charge in [0, 0.05) is 25.4 Å². The molecular weight excluding hydrogens is 1150 g/mol. The molecule has 0 radical (unpaired) electrons. The van der Waals surface area contributed by atoms with Crippen LogP contribution in [0.2, 0.25) is 5.15 Å². The first-order valence-electron chi connectivity index (χ1n) is 27.5. The third-order valence-electron chi connectivity index (χ3n) is 10.9. The molecule has 0 aliphatic rings. The monoisotopic (exact) mass is 1220 g/mol. The van der Waals surface area contributed by atoms with Crippen LogP contribution in [-0.4, -0.2) is 110 Å². The molecule has 3 heterocycles. The van der Waals surface area contributed by atoms with Crippen molar-refractivity contribution in [2.24, 2.45) is 11.5 Å². The van der Waals surface area contributed by atoms with Gasteiger partial charge in [-0.15, -0.1) is 4.98 Å². The Kier molecular flexibility index (Phi) is 40.1. The zero-order chi connectivity index (χ0) is 64.2. The minimum absolute atomic E-state index is 0.0483. The number of nitriles is 1. The lowest BCUT2D eigenvalue weighted by atomic mass is 10.2. The Balaban J connectivity index is 0.000000383. The van der Waals surface area contributed by atoms with Gasteiger partial charge < -0.3 is 55.3 Å². The van der Waals surface area contributed by atoms with Gasteiger partial charge >= 0.3 is 0 Å². The zero-order valence-electron chi connectivity index (χ0n) is 48.6. The number of rotatable bonds is 28. The molecule has 7 rings (SSSR count). The highest BCUT2D eigenvalue weighted by molar-refractivity contribution is 6.29. The first kappa shape index (κ1) is 73.7. The van der Waals surface area contributed by atoms with Crippen LogP contribution in [-0.2, 0) is 0 Å². The molecule has 7 aromatic rings. The Morgan fingerprint density at radius 1 is 0.466 bits per heavy atom. The number of amidine groups is 2. The number of hydrogen-bond donors (Lipinski definition) is 7. The van der Waals surface area contributed by atoms with E-state index in [1.165, 1.54) is 61.4 Å². The Morgan fingerprint density at radius 3 is 1.20 bits per heavy atom. The quantitative estimate of drug-likeness (QED) is 0.0104. The van der Waals surface area contributed by atoms with E-state index in [0.29, 0.717) is 78.3 Å². The zero-order valence-corrected chi connectivity index (χ0v) is 49.3. The van der Waals surface area contributed by atoms with Crippen LogP contribution in [0.15, 0.2) is 134 Å². The number of nitrogen functional groups attached to an aromatic ring is 2. The maximum absolute atomic E-state index is 12.1. The summed E-state index contributed by atoms with van der Waals surface area (Å²) in [5.74, 6) is 3.09. The van der Waals surface area contributed by atoms with Crippen molar-refractivity contribution in [3.63, 3.8) is 0 Å². The number of benzene rings is 4. The molecule has 0 bridgehead atoms. The van der Waals surface area contributed by atoms with Gasteiger partial charge in [0.1, 0.15) is 46.5 Å². The standard InChI is InChI=1S/C17H22N6O2.C17H16N4O2.C12H15NO2.C7H4FN.C5H2ClN3.C5H12O2/c18-16(19)12-4-6-13(7-5-12)24-8-2-1-3-9-25-15-11-22-14(10-23-15)17(20)21;1-19-14-5-7-16(8-6-14)22-9-3-2-4-10-23-17-13-20-15(11-18)12-21-17;1-13-11-5-7-12(8-6-11)15-10-4-2-3-9-14;1-9-7-4-2-6(8)3-5-7;1-7-5-3-8-4(6)2-9-5;6-4-2-1-3-5-7/h4-7,10-11H,1-3,8-9H2,(H3,18,19)(H3,20,21);5-8,12-13H,2-4,9-10H2;5-8,14H,2-4,9-10H2;2-5H;2-3H;6-7H,1-5H2. The summed E-state index contributed by atoms with van der Waals surface area (Å²) < 4.78 is 39.7. The van der Waals surface area contributed by atoms with Crippen molar-refractivity contribution in [3.8, 4) is 35.1 Å². The highest BCUT2D eigenvalue weighted by Crippen LogP contribution is 2.20. The van der Waals surface area contributed by atoms with Gasteiger partial charge in [0.15, 0.2) is 34.1 Å². The summed E-state index contributed by atoms with van der Waals surface area (Å²) in [7, 11) is 0. The van der Waals surface area contributed by atoms with E-state index < -0.39 is 0 Å². The molecule has 460 valence electrons. The van der Waals surface area contributed by atoms with Gasteiger partial charge in [-0.1, -0.05) is 54.6 Å². The Labute approximate surface area is 517 Å². The number of unbranched alkanes of at least 4 members (excludes halogenated alkanes) is 8. The van der Waals surface area contributed by atoms with E-state index in [2.05, 4.69) is 49.3 Å². The van der Waals surface area contributed by atoms with E-state index in [9.17, 15) is 4.39 Å². The fourth-order valence-corrected chi connectivity index (χ4v) is 6.40. The molecule has 0 fully saturated rings. The minimum atomic E-state index is -0.303. The predicted octanol–water partition coefficient (Wildman–Crippen LogP) is 12.2. The first-order valence-corrected chi connectivity index (χ1v) is 27.9. The van der Waals surface area contributed by atoms with Crippen molar-refractivity contribution in [1.29, 1.82) is 16.1 Å². The molecule has 3 aromatic heterocycles. The normalized spacial score (nSPS) is 9.55. The number of hydrogen-bond acceptors (Lipinski definition) is 17. The van der Waals surface area contributed by atoms with E-state index in [4.69, 9.17) is 104 Å². The second-order valence-electron chi connectivity index (χ2n) is 17.7. The number of aliphatic hydroxyl groups is 3. The summed E-state index contributed by atoms with van der Waals surface area (Å²) in [6, 6.07) is 28.7. The third kappa shape index (κ3) is 35.7. The predicted molar refractivity (Wildman–Crippen MR) is 333 cm³/mol. The molecule has 0 saturated carbocycles. The maximum atomic E-state index is 12.1. The molecule has 0 atom stereocenters. The van der Waals surface area contributed by atoms with E-state index in [1.807, 2.05) is 18.2 Å². The molecule has 25 heteroatoms. The molecule has 0 saturated heterocycles. The van der Waals surface area contributed by atoms with Gasteiger partial charge in [-0.3, -0.25) is 15.8 Å². The SMILES string of the molecule is N=C(N)c1ccc(OCCCCCOc2cnc(C(=N)N)cn2)cc1.OCCCCCO.[C-]#[N+]c1ccc(F)cc1.[C-]#[N+]c1ccc(OCCCCCO)cc1.[C-]#[N+]c1ccc(OCCCCCOc2cnc(C#N)cn2)cc1.[C-]#[N+]c1cnc(Cl)cn1. The summed E-state index contributed by atoms with van der Waals surface area (Å²) >= 11 is 5.39. The summed E-state index contributed by atoms with van der Waals surface area (Å²) in [6.07, 6.45) is 19.3. The van der Waals surface area contributed by atoms with Gasteiger partial charge in [-0.05, 0) is 138 Å². The Morgan fingerprint density at radius 2 is 0.864 bits per heavy atom. The van der Waals surface area contributed by atoms with Gasteiger partial charge in [0.2, 0.25) is 11.8 Å². The highest BCUT2D eigenvalue weighted by atomic mass is 35.5. The lowest BCUT2D eigenvalue weighted by Crippen LogP contribution is -2.13. The molecule has 0 aliphatic carbocycles. The van der Waals surface area contributed by atoms with Crippen molar-refractivity contribution in [2.75, 3.05) is 52.9 Å². The fraction of sp³-hybridized carbons (Fsp3) is 0.317. The minimum Gasteiger partial charge on any atom is -0.494 e. The number of aliphatic hydroxyl groups excluding tert-OH is 3. The van der Waals surface area contributed by atoms with Crippen LogP contribution >= 0.6 is 11.6 Å². The van der Waals surface area contributed by atoms with Crippen molar-refractivity contribution >= 4 is 46.2 Å². The van der Waals surface area contributed by atoms with Gasteiger partial charge in [-0.2, -0.15) is 5.26 Å². The van der Waals surface area contributed by atoms with E-state index in [0.717, 1.165) is 94.3 Å². The second-order valence-corrected chi connectivity index (χ2v) is 18.1. The summed E-state index contributed by atoms with van der Waals surface area (Å²) in [4.78, 5) is 35.9. The van der Waals surface area contributed by atoms with Crippen LogP contribution in [0.4, 0.5) is 27.3 Å². The van der Waals surface area contributed by atoms with Crippen LogP contribution in [0, 0.1) is 54.3 Å². The molecule has 4 aromatic carbocycles. The number of ether oxygens (including phenoxy) is 5. The third-order valence-corrected chi connectivity index (χ3v) is 11.1. The molecule has 0 amide bonds. The van der Waals surface area contributed by atoms with Crippen molar-refractivity contribution in [1.82, 2.24) is 29.9 Å². The number of nitrogens with one attached hydrogen (secondary N) is 2. The average molecular weight is 1220 g/mol. The Bertz CT molecular complexity index is 3050. The van der Waals surface area contributed by atoms with Gasteiger partial charge in [0.05, 0.1) is 83.7 Å². The molecule has 23 nitrogen and oxygen atoms in total. The fourth-order valence-electron chi connectivity index (χ4n) is 6.30. The van der Waals surface area contributed by atoms with E-state index >= 15 is 0 Å². The van der Waals surface area contributed by atoms with Crippen LogP contribution in [0.1, 0.15) is 94.0 Å². The largest absolute Gasteiger partial charge is 0.494 e. The number of aromatic nitrogens is 6. The van der Waals surface area contributed by atoms with Crippen LogP contribution in [0.3, 0.4) is 0 Å². The topological polar surface area (TPSA) is 325 Å².